The molecular formula is C19H28N2O2. The maximum Gasteiger partial charge on any atom is 0.221 e. The van der Waals surface area contributed by atoms with Crippen molar-refractivity contribution in [2.24, 2.45) is 0 Å². The van der Waals surface area contributed by atoms with Gasteiger partial charge in [0.15, 0.2) is 5.78 Å². The van der Waals surface area contributed by atoms with E-state index in [0.29, 0.717) is 11.6 Å². The Morgan fingerprint density at radius 2 is 1.74 bits per heavy atom. The number of anilines is 1. The highest BCUT2D eigenvalue weighted by Gasteiger charge is 2.24. The number of pyridine rings is 1. The number of ketones is 1. The Labute approximate surface area is 139 Å². The molecule has 0 aliphatic heterocycles. The topological polar surface area (TPSA) is 59.1 Å². The summed E-state index contributed by atoms with van der Waals surface area (Å²) in [5.41, 5.74) is 3.54. The zero-order valence-electron chi connectivity index (χ0n) is 14.6. The molecule has 1 aliphatic rings. The summed E-state index contributed by atoms with van der Waals surface area (Å²) < 4.78 is 0. The minimum atomic E-state index is -0.0866. The Bertz CT molecular complexity index is 573. The van der Waals surface area contributed by atoms with Crippen LogP contribution in [-0.4, -0.2) is 16.7 Å². The van der Waals surface area contributed by atoms with Crippen LogP contribution in [-0.2, 0) is 11.2 Å². The van der Waals surface area contributed by atoms with Crippen LogP contribution in [0.2, 0.25) is 0 Å². The second-order valence-corrected chi connectivity index (χ2v) is 6.55. The molecule has 126 valence electrons. The number of rotatable bonds is 4. The lowest BCUT2D eigenvalue weighted by atomic mass is 9.82. The summed E-state index contributed by atoms with van der Waals surface area (Å²) in [7, 11) is 0. The first-order chi connectivity index (χ1) is 11.0. The van der Waals surface area contributed by atoms with Gasteiger partial charge in [-0.3, -0.25) is 14.6 Å². The molecule has 1 amide bonds. The van der Waals surface area contributed by atoms with Crippen LogP contribution < -0.4 is 5.32 Å². The second kappa shape index (κ2) is 8.23. The van der Waals surface area contributed by atoms with E-state index in [4.69, 9.17) is 0 Å². The molecular weight excluding hydrogens is 288 g/mol. The lowest BCUT2D eigenvalue weighted by Gasteiger charge is -2.26. The van der Waals surface area contributed by atoms with Gasteiger partial charge in [-0.2, -0.15) is 0 Å². The Morgan fingerprint density at radius 1 is 1.13 bits per heavy atom. The van der Waals surface area contributed by atoms with E-state index in [1.165, 1.54) is 39.0 Å². The van der Waals surface area contributed by atoms with Crippen LogP contribution in [0.1, 0.15) is 93.3 Å². The molecule has 1 fully saturated rings. The number of nitrogens with zero attached hydrogens (tertiary/aromatic N) is 1. The molecule has 1 aromatic heterocycles. The highest BCUT2D eigenvalue weighted by Crippen LogP contribution is 2.38. The van der Waals surface area contributed by atoms with Crippen LogP contribution in [0.5, 0.6) is 0 Å². The summed E-state index contributed by atoms with van der Waals surface area (Å²) in [5, 5.41) is 2.93. The third kappa shape index (κ3) is 4.40. The Hall–Kier alpha value is -1.71. The van der Waals surface area contributed by atoms with Gasteiger partial charge in [0.25, 0.3) is 0 Å². The van der Waals surface area contributed by atoms with Gasteiger partial charge in [-0.05, 0) is 36.3 Å². The van der Waals surface area contributed by atoms with Gasteiger partial charge in [-0.1, -0.05) is 39.0 Å². The van der Waals surface area contributed by atoms with Crippen molar-refractivity contribution in [2.45, 2.75) is 78.1 Å². The van der Waals surface area contributed by atoms with E-state index >= 15 is 0 Å². The van der Waals surface area contributed by atoms with Crippen LogP contribution >= 0.6 is 0 Å². The molecule has 0 unspecified atom stereocenters. The predicted molar refractivity (Wildman–Crippen MR) is 93.0 cm³/mol. The fraction of sp³-hybridized carbons (Fsp3) is 0.632. The number of carbonyl (C=O) groups excluding carboxylic acids is 2. The van der Waals surface area contributed by atoms with Crippen molar-refractivity contribution in [3.8, 4) is 0 Å². The standard InChI is InChI=1S/C19H28N2O2/c1-4-16-18(15-10-8-6-5-7-9-11-15)17(21-14(3)23)12-20-19(16)13(2)22/h12,15H,4-11H2,1-3H3,(H,21,23). The van der Waals surface area contributed by atoms with Crippen molar-refractivity contribution < 1.29 is 9.59 Å². The first kappa shape index (κ1) is 17.6. The second-order valence-electron chi connectivity index (χ2n) is 6.55. The molecule has 0 spiro atoms. The molecule has 1 saturated carbocycles. The average molecular weight is 316 g/mol. The number of hydrogen-bond acceptors (Lipinski definition) is 3. The molecule has 23 heavy (non-hydrogen) atoms. The number of Topliss-reactive ketones (excluding diaryl/α,β-unsaturated/α-hetero) is 1. The number of carbonyl (C=O) groups is 2. The molecule has 0 atom stereocenters. The molecule has 4 heteroatoms. The molecule has 4 nitrogen and oxygen atoms in total. The van der Waals surface area contributed by atoms with E-state index in [0.717, 1.165) is 36.1 Å². The van der Waals surface area contributed by atoms with Crippen LogP contribution in [0.15, 0.2) is 6.20 Å². The van der Waals surface area contributed by atoms with E-state index in [-0.39, 0.29) is 11.7 Å². The molecule has 0 saturated heterocycles. The van der Waals surface area contributed by atoms with Gasteiger partial charge in [0, 0.05) is 13.8 Å². The fourth-order valence-electron chi connectivity index (χ4n) is 3.73. The van der Waals surface area contributed by atoms with Crippen LogP contribution in [0.3, 0.4) is 0 Å². The van der Waals surface area contributed by atoms with Gasteiger partial charge in [0.05, 0.1) is 11.9 Å². The van der Waals surface area contributed by atoms with Gasteiger partial charge >= 0.3 is 0 Å². The van der Waals surface area contributed by atoms with Crippen molar-refractivity contribution >= 4 is 17.4 Å². The highest BCUT2D eigenvalue weighted by atomic mass is 16.1. The summed E-state index contributed by atoms with van der Waals surface area (Å²) in [6, 6.07) is 0. The van der Waals surface area contributed by atoms with Gasteiger partial charge in [-0.15, -0.1) is 0 Å². The first-order valence-corrected chi connectivity index (χ1v) is 8.84. The Morgan fingerprint density at radius 3 is 2.26 bits per heavy atom. The summed E-state index contributed by atoms with van der Waals surface area (Å²) in [6.07, 6.45) is 11.0. The third-order valence-electron chi connectivity index (χ3n) is 4.74. The summed E-state index contributed by atoms with van der Waals surface area (Å²) in [6.45, 7) is 5.15. The van der Waals surface area contributed by atoms with E-state index in [1.807, 2.05) is 0 Å². The quantitative estimate of drug-likeness (QED) is 0.824. The number of nitrogens with one attached hydrogen (secondary N) is 1. The number of hydrogen-bond donors (Lipinski definition) is 1. The van der Waals surface area contributed by atoms with Gasteiger partial charge < -0.3 is 5.32 Å². The van der Waals surface area contributed by atoms with Crippen molar-refractivity contribution in [2.75, 3.05) is 5.32 Å². The van der Waals surface area contributed by atoms with E-state index in [1.54, 1.807) is 13.1 Å². The predicted octanol–water partition coefficient (Wildman–Crippen LogP) is 4.63. The molecule has 0 bridgehead atoms. The van der Waals surface area contributed by atoms with Crippen molar-refractivity contribution in [3.63, 3.8) is 0 Å². The molecule has 0 aromatic carbocycles. The summed E-state index contributed by atoms with van der Waals surface area (Å²) in [5.74, 6) is 0.327. The number of amides is 1. The molecule has 1 N–H and O–H groups in total. The van der Waals surface area contributed by atoms with E-state index < -0.39 is 0 Å². The average Bonchev–Trinajstić information content (AvgIpc) is 2.46. The Kier molecular flexibility index (Phi) is 6.31. The fourth-order valence-corrected chi connectivity index (χ4v) is 3.73. The highest BCUT2D eigenvalue weighted by molar-refractivity contribution is 5.96. The van der Waals surface area contributed by atoms with E-state index in [2.05, 4.69) is 17.2 Å². The van der Waals surface area contributed by atoms with Crippen molar-refractivity contribution in [1.82, 2.24) is 4.98 Å². The molecule has 1 aromatic rings. The van der Waals surface area contributed by atoms with Gasteiger partial charge in [-0.25, -0.2) is 0 Å². The van der Waals surface area contributed by atoms with Crippen LogP contribution in [0.4, 0.5) is 5.69 Å². The normalized spacial score (nSPS) is 16.5. The molecule has 2 rings (SSSR count). The SMILES string of the molecule is CCc1c(C(C)=O)ncc(NC(C)=O)c1C1CCCCCCC1. The maximum absolute atomic E-state index is 12.0. The lowest BCUT2D eigenvalue weighted by Crippen LogP contribution is -2.17. The minimum Gasteiger partial charge on any atom is -0.325 e. The van der Waals surface area contributed by atoms with Crippen LogP contribution in [0.25, 0.3) is 0 Å². The van der Waals surface area contributed by atoms with E-state index in [9.17, 15) is 9.59 Å². The zero-order valence-corrected chi connectivity index (χ0v) is 14.6. The van der Waals surface area contributed by atoms with Gasteiger partial charge in [0.2, 0.25) is 5.91 Å². The summed E-state index contributed by atoms with van der Waals surface area (Å²) in [4.78, 5) is 27.9. The van der Waals surface area contributed by atoms with Crippen LogP contribution in [0, 0.1) is 0 Å². The Balaban J connectivity index is 2.51. The molecule has 1 heterocycles. The lowest BCUT2D eigenvalue weighted by molar-refractivity contribution is -0.114. The zero-order chi connectivity index (χ0) is 16.8. The molecule has 0 radical (unpaired) electrons. The number of aromatic nitrogens is 1. The molecule has 1 aliphatic carbocycles. The third-order valence-corrected chi connectivity index (χ3v) is 4.74. The summed E-state index contributed by atoms with van der Waals surface area (Å²) >= 11 is 0. The maximum atomic E-state index is 12.0. The monoisotopic (exact) mass is 316 g/mol. The minimum absolute atomic E-state index is 0.00307. The largest absolute Gasteiger partial charge is 0.325 e. The van der Waals surface area contributed by atoms with Crippen molar-refractivity contribution in [3.05, 3.63) is 23.0 Å². The van der Waals surface area contributed by atoms with Crippen molar-refractivity contribution in [1.29, 1.82) is 0 Å². The first-order valence-electron chi connectivity index (χ1n) is 8.84. The van der Waals surface area contributed by atoms with Gasteiger partial charge in [0.1, 0.15) is 5.69 Å². The smallest absolute Gasteiger partial charge is 0.221 e.